The average Bonchev–Trinajstić information content (AvgIpc) is 3.21. The second-order valence-corrected chi connectivity index (χ2v) is 8.38. The summed E-state index contributed by atoms with van der Waals surface area (Å²) < 4.78 is 5.48. The summed E-state index contributed by atoms with van der Waals surface area (Å²) in [6, 6.07) is 15.9. The predicted molar refractivity (Wildman–Crippen MR) is 123 cm³/mol. The molecule has 2 heterocycles. The van der Waals surface area contributed by atoms with Gasteiger partial charge in [-0.2, -0.15) is 0 Å². The van der Waals surface area contributed by atoms with E-state index in [-0.39, 0.29) is 5.91 Å². The van der Waals surface area contributed by atoms with E-state index in [2.05, 4.69) is 26.2 Å². The van der Waals surface area contributed by atoms with Gasteiger partial charge in [0.2, 0.25) is 5.91 Å². The molecule has 2 aromatic carbocycles. The van der Waals surface area contributed by atoms with Crippen molar-refractivity contribution in [3.63, 3.8) is 0 Å². The van der Waals surface area contributed by atoms with Gasteiger partial charge in [0.05, 0.1) is 30.0 Å². The minimum absolute atomic E-state index is 0.00681. The van der Waals surface area contributed by atoms with Gasteiger partial charge >= 0.3 is 0 Å². The van der Waals surface area contributed by atoms with Gasteiger partial charge in [-0.1, -0.05) is 24.3 Å². The first-order valence-electron chi connectivity index (χ1n) is 10.0. The molecule has 0 unspecified atom stereocenters. The van der Waals surface area contributed by atoms with Crippen molar-refractivity contribution in [3.05, 3.63) is 58.9 Å². The average molecular weight is 423 g/mol. The quantitative estimate of drug-likeness (QED) is 0.653. The molecule has 0 atom stereocenters. The Balaban J connectivity index is 1.31. The molecule has 1 N–H and O–H groups in total. The molecule has 0 saturated carbocycles. The van der Waals surface area contributed by atoms with Gasteiger partial charge in [-0.15, -0.1) is 11.3 Å². The second-order valence-electron chi connectivity index (χ2n) is 7.32. The molecule has 0 aliphatic carbocycles. The Morgan fingerprint density at radius 2 is 1.93 bits per heavy atom. The molecule has 3 aromatic rings. The van der Waals surface area contributed by atoms with Crippen molar-refractivity contribution in [3.8, 4) is 17.0 Å². The number of amides is 1. The number of aromatic nitrogens is 1. The third kappa shape index (κ3) is 4.80. The third-order valence-corrected chi connectivity index (χ3v) is 6.00. The number of ether oxygens (including phenoxy) is 1. The molecule has 156 valence electrons. The highest BCUT2D eigenvalue weighted by Gasteiger charge is 2.21. The predicted octanol–water partition coefficient (Wildman–Crippen LogP) is 3.89. The van der Waals surface area contributed by atoms with E-state index in [1.54, 1.807) is 18.4 Å². The molecule has 1 saturated heterocycles. The largest absolute Gasteiger partial charge is 0.495 e. The van der Waals surface area contributed by atoms with Gasteiger partial charge in [0.25, 0.3) is 0 Å². The van der Waals surface area contributed by atoms with Crippen LogP contribution in [0.4, 0.5) is 11.4 Å². The van der Waals surface area contributed by atoms with Crippen molar-refractivity contribution in [2.45, 2.75) is 6.92 Å². The lowest BCUT2D eigenvalue weighted by atomic mass is 10.1. The van der Waals surface area contributed by atoms with Crippen LogP contribution in [0.1, 0.15) is 5.01 Å². The SMILES string of the molecule is COc1ccccc1N1CCN(CC(=O)Nc2cccc(-c3csc(C)n3)c2)CC1. The summed E-state index contributed by atoms with van der Waals surface area (Å²) in [5.41, 5.74) is 3.87. The molecule has 1 amide bonds. The normalized spacial score (nSPS) is 14.5. The highest BCUT2D eigenvalue weighted by Crippen LogP contribution is 2.28. The highest BCUT2D eigenvalue weighted by atomic mass is 32.1. The second kappa shape index (κ2) is 9.28. The van der Waals surface area contributed by atoms with Crippen LogP contribution < -0.4 is 15.0 Å². The number of hydrogen-bond acceptors (Lipinski definition) is 6. The number of piperazine rings is 1. The van der Waals surface area contributed by atoms with E-state index in [0.29, 0.717) is 6.54 Å². The van der Waals surface area contributed by atoms with Gasteiger partial charge in [-0.25, -0.2) is 4.98 Å². The zero-order valence-electron chi connectivity index (χ0n) is 17.3. The summed E-state index contributed by atoms with van der Waals surface area (Å²) >= 11 is 1.63. The lowest BCUT2D eigenvalue weighted by Crippen LogP contribution is -2.48. The molecular formula is C23H26N4O2S. The van der Waals surface area contributed by atoms with Crippen LogP contribution in [0.3, 0.4) is 0 Å². The summed E-state index contributed by atoms with van der Waals surface area (Å²) in [7, 11) is 1.70. The maximum Gasteiger partial charge on any atom is 0.238 e. The van der Waals surface area contributed by atoms with E-state index in [1.165, 1.54) is 0 Å². The first kappa shape index (κ1) is 20.4. The minimum atomic E-state index is 0.00681. The van der Waals surface area contributed by atoms with Crippen LogP contribution in [-0.2, 0) is 4.79 Å². The molecule has 0 radical (unpaired) electrons. The fourth-order valence-corrected chi connectivity index (χ4v) is 4.32. The molecule has 0 spiro atoms. The van der Waals surface area contributed by atoms with E-state index in [0.717, 1.165) is 59.6 Å². The molecular weight excluding hydrogens is 396 g/mol. The first-order chi connectivity index (χ1) is 14.6. The molecule has 1 fully saturated rings. The van der Waals surface area contributed by atoms with E-state index >= 15 is 0 Å². The number of aryl methyl sites for hydroxylation is 1. The molecule has 4 rings (SSSR count). The van der Waals surface area contributed by atoms with Crippen LogP contribution in [0.2, 0.25) is 0 Å². The van der Waals surface area contributed by atoms with Gasteiger partial charge in [-0.05, 0) is 31.2 Å². The van der Waals surface area contributed by atoms with Crippen molar-refractivity contribution < 1.29 is 9.53 Å². The summed E-state index contributed by atoms with van der Waals surface area (Å²) in [5, 5.41) is 6.10. The van der Waals surface area contributed by atoms with Crippen LogP contribution in [0.25, 0.3) is 11.3 Å². The Morgan fingerprint density at radius 1 is 1.13 bits per heavy atom. The van der Waals surface area contributed by atoms with Gasteiger partial charge < -0.3 is 15.0 Å². The molecule has 6 nitrogen and oxygen atoms in total. The molecule has 1 aromatic heterocycles. The van der Waals surface area contributed by atoms with Crippen LogP contribution in [0, 0.1) is 6.92 Å². The number of methoxy groups -OCH3 is 1. The van der Waals surface area contributed by atoms with E-state index in [4.69, 9.17) is 4.74 Å². The van der Waals surface area contributed by atoms with Crippen molar-refractivity contribution in [1.82, 2.24) is 9.88 Å². The summed E-state index contributed by atoms with van der Waals surface area (Å²) in [5.74, 6) is 0.895. The summed E-state index contributed by atoms with van der Waals surface area (Å²) in [6.07, 6.45) is 0. The zero-order valence-corrected chi connectivity index (χ0v) is 18.1. The molecule has 30 heavy (non-hydrogen) atoms. The number of benzene rings is 2. The van der Waals surface area contributed by atoms with Crippen LogP contribution in [0.5, 0.6) is 5.75 Å². The van der Waals surface area contributed by atoms with Gasteiger partial charge in [0.1, 0.15) is 5.75 Å². The number of carbonyl (C=O) groups is 1. The number of anilines is 2. The minimum Gasteiger partial charge on any atom is -0.495 e. The summed E-state index contributed by atoms with van der Waals surface area (Å²) in [6.45, 7) is 5.79. The number of para-hydroxylation sites is 2. The number of nitrogens with zero attached hydrogens (tertiary/aromatic N) is 3. The standard InChI is InChI=1S/C23H26N4O2S/c1-17-24-20(16-30-17)18-6-5-7-19(14-18)25-23(28)15-26-10-12-27(13-11-26)21-8-3-4-9-22(21)29-2/h3-9,14,16H,10-13,15H2,1-2H3,(H,25,28). The van der Waals surface area contributed by atoms with Gasteiger partial charge in [0, 0.05) is 42.8 Å². The molecule has 1 aliphatic heterocycles. The summed E-state index contributed by atoms with van der Waals surface area (Å²) in [4.78, 5) is 21.6. The van der Waals surface area contributed by atoms with E-state index < -0.39 is 0 Å². The number of rotatable bonds is 6. The van der Waals surface area contributed by atoms with Crippen molar-refractivity contribution in [2.24, 2.45) is 0 Å². The van der Waals surface area contributed by atoms with Gasteiger partial charge in [0.15, 0.2) is 0 Å². The van der Waals surface area contributed by atoms with Crippen LogP contribution in [0.15, 0.2) is 53.9 Å². The number of nitrogens with one attached hydrogen (secondary N) is 1. The Kier molecular flexibility index (Phi) is 6.30. The Labute approximate surface area is 181 Å². The Morgan fingerprint density at radius 3 is 2.67 bits per heavy atom. The van der Waals surface area contributed by atoms with Crippen LogP contribution >= 0.6 is 11.3 Å². The van der Waals surface area contributed by atoms with Crippen molar-refractivity contribution in [1.29, 1.82) is 0 Å². The topological polar surface area (TPSA) is 57.7 Å². The number of carbonyl (C=O) groups excluding carboxylic acids is 1. The van der Waals surface area contributed by atoms with Crippen LogP contribution in [-0.4, -0.2) is 55.6 Å². The Bertz CT molecular complexity index is 1010. The van der Waals surface area contributed by atoms with E-state index in [9.17, 15) is 4.79 Å². The highest BCUT2D eigenvalue weighted by molar-refractivity contribution is 7.09. The fraction of sp³-hybridized carbons (Fsp3) is 0.304. The number of thiazole rings is 1. The van der Waals surface area contributed by atoms with Crippen molar-refractivity contribution >= 4 is 28.6 Å². The fourth-order valence-electron chi connectivity index (χ4n) is 3.69. The smallest absolute Gasteiger partial charge is 0.238 e. The molecule has 0 bridgehead atoms. The zero-order chi connectivity index (χ0) is 20.9. The third-order valence-electron chi connectivity index (χ3n) is 5.23. The first-order valence-corrected chi connectivity index (χ1v) is 10.9. The lowest BCUT2D eigenvalue weighted by molar-refractivity contribution is -0.117. The monoisotopic (exact) mass is 422 g/mol. The lowest BCUT2D eigenvalue weighted by Gasteiger charge is -2.36. The van der Waals surface area contributed by atoms with Gasteiger partial charge in [-0.3, -0.25) is 9.69 Å². The van der Waals surface area contributed by atoms with Crippen molar-refractivity contribution in [2.75, 3.05) is 50.1 Å². The molecule has 1 aliphatic rings. The number of hydrogen-bond donors (Lipinski definition) is 1. The maximum atomic E-state index is 12.6. The molecule has 7 heteroatoms. The van der Waals surface area contributed by atoms with E-state index in [1.807, 2.05) is 54.8 Å². The Hall–Kier alpha value is -2.90. The maximum absolute atomic E-state index is 12.6.